The second-order valence-corrected chi connectivity index (χ2v) is 5.04. The fraction of sp³-hybridized carbons (Fsp3) is 0.467. The molecule has 1 amide bonds. The molecule has 1 N–H and O–H groups in total. The van der Waals surface area contributed by atoms with Crippen molar-refractivity contribution >= 4 is 11.9 Å². The number of methoxy groups -OCH3 is 1. The molecule has 0 unspecified atom stereocenters. The summed E-state index contributed by atoms with van der Waals surface area (Å²) in [5, 5.41) is 2.71. The SMILES string of the molecule is CCOC(=O)[C@H]1C(=O)NC[C@@H]1c1cc(OC)c2c(c1)OCO2. The maximum absolute atomic E-state index is 12.1. The van der Waals surface area contributed by atoms with Gasteiger partial charge in [0.2, 0.25) is 18.4 Å². The number of amides is 1. The third kappa shape index (κ3) is 2.32. The molecule has 1 aromatic rings. The van der Waals surface area contributed by atoms with Crippen LogP contribution < -0.4 is 19.5 Å². The summed E-state index contributed by atoms with van der Waals surface area (Å²) in [6.45, 7) is 2.44. The van der Waals surface area contributed by atoms with Gasteiger partial charge >= 0.3 is 5.97 Å². The van der Waals surface area contributed by atoms with Crippen LogP contribution in [0.25, 0.3) is 0 Å². The second-order valence-electron chi connectivity index (χ2n) is 5.04. The summed E-state index contributed by atoms with van der Waals surface area (Å²) < 4.78 is 21.0. The van der Waals surface area contributed by atoms with Gasteiger partial charge in [-0.3, -0.25) is 9.59 Å². The van der Waals surface area contributed by atoms with Gasteiger partial charge in [-0.05, 0) is 24.6 Å². The van der Waals surface area contributed by atoms with Crippen molar-refractivity contribution in [1.29, 1.82) is 0 Å². The normalized spacial score (nSPS) is 22.4. The lowest BCUT2D eigenvalue weighted by atomic mass is 9.88. The van der Waals surface area contributed by atoms with E-state index in [1.807, 2.05) is 0 Å². The molecule has 0 spiro atoms. The van der Waals surface area contributed by atoms with Gasteiger partial charge in [0.15, 0.2) is 11.5 Å². The third-order valence-corrected chi connectivity index (χ3v) is 3.83. The molecule has 118 valence electrons. The van der Waals surface area contributed by atoms with Crippen molar-refractivity contribution in [3.05, 3.63) is 17.7 Å². The summed E-state index contributed by atoms with van der Waals surface area (Å²) in [7, 11) is 1.53. The van der Waals surface area contributed by atoms with E-state index >= 15 is 0 Å². The molecule has 7 nitrogen and oxygen atoms in total. The first-order valence-corrected chi connectivity index (χ1v) is 7.07. The van der Waals surface area contributed by atoms with Crippen LogP contribution in [0.2, 0.25) is 0 Å². The van der Waals surface area contributed by atoms with Crippen molar-refractivity contribution in [3.8, 4) is 17.2 Å². The Hall–Kier alpha value is -2.44. The summed E-state index contributed by atoms with van der Waals surface area (Å²) in [5.74, 6) is -0.404. The number of hydrogen-bond donors (Lipinski definition) is 1. The topological polar surface area (TPSA) is 83.1 Å². The highest BCUT2D eigenvalue weighted by Gasteiger charge is 2.43. The van der Waals surface area contributed by atoms with Crippen LogP contribution in [0.1, 0.15) is 18.4 Å². The Morgan fingerprint density at radius 1 is 1.41 bits per heavy atom. The quantitative estimate of drug-likeness (QED) is 0.655. The van der Waals surface area contributed by atoms with Crippen molar-refractivity contribution in [3.63, 3.8) is 0 Å². The van der Waals surface area contributed by atoms with Gasteiger partial charge in [-0.15, -0.1) is 0 Å². The fourth-order valence-corrected chi connectivity index (χ4v) is 2.80. The van der Waals surface area contributed by atoms with E-state index in [0.717, 1.165) is 5.56 Å². The molecule has 2 atom stereocenters. The summed E-state index contributed by atoms with van der Waals surface area (Å²) in [6.07, 6.45) is 0. The zero-order chi connectivity index (χ0) is 15.7. The van der Waals surface area contributed by atoms with Crippen LogP contribution in [0.3, 0.4) is 0 Å². The molecule has 2 aliphatic heterocycles. The average Bonchev–Trinajstić information content (AvgIpc) is 3.12. The van der Waals surface area contributed by atoms with Crippen LogP contribution in [0.5, 0.6) is 17.2 Å². The number of hydrogen-bond acceptors (Lipinski definition) is 6. The molecule has 1 aromatic carbocycles. The lowest BCUT2D eigenvalue weighted by molar-refractivity contribution is -0.151. The van der Waals surface area contributed by atoms with Crippen molar-refractivity contribution in [2.75, 3.05) is 27.1 Å². The first kappa shape index (κ1) is 14.5. The monoisotopic (exact) mass is 307 g/mol. The van der Waals surface area contributed by atoms with Gasteiger partial charge in [0, 0.05) is 12.5 Å². The van der Waals surface area contributed by atoms with E-state index in [9.17, 15) is 9.59 Å². The van der Waals surface area contributed by atoms with E-state index in [-0.39, 0.29) is 25.2 Å². The lowest BCUT2D eigenvalue weighted by Crippen LogP contribution is -2.29. The molecule has 0 radical (unpaired) electrons. The highest BCUT2D eigenvalue weighted by molar-refractivity contribution is 6.00. The van der Waals surface area contributed by atoms with Crippen molar-refractivity contribution in [2.45, 2.75) is 12.8 Å². The van der Waals surface area contributed by atoms with Gasteiger partial charge in [-0.25, -0.2) is 0 Å². The fourth-order valence-electron chi connectivity index (χ4n) is 2.80. The van der Waals surface area contributed by atoms with Crippen molar-refractivity contribution in [1.82, 2.24) is 5.32 Å². The molecular weight excluding hydrogens is 290 g/mol. The van der Waals surface area contributed by atoms with Crippen LogP contribution in [0.4, 0.5) is 0 Å². The Morgan fingerprint density at radius 2 is 2.23 bits per heavy atom. The van der Waals surface area contributed by atoms with Gasteiger partial charge in [0.05, 0.1) is 13.7 Å². The predicted octanol–water partition coefficient (Wildman–Crippen LogP) is 0.817. The van der Waals surface area contributed by atoms with E-state index in [0.29, 0.717) is 23.8 Å². The van der Waals surface area contributed by atoms with Crippen LogP contribution in [-0.4, -0.2) is 38.9 Å². The average molecular weight is 307 g/mol. The van der Waals surface area contributed by atoms with Gasteiger partial charge in [0.25, 0.3) is 0 Å². The zero-order valence-electron chi connectivity index (χ0n) is 12.4. The number of esters is 1. The van der Waals surface area contributed by atoms with E-state index < -0.39 is 11.9 Å². The van der Waals surface area contributed by atoms with Gasteiger partial charge < -0.3 is 24.3 Å². The molecular formula is C15H17NO6. The number of carbonyl (C=O) groups is 2. The molecule has 1 saturated heterocycles. The number of fused-ring (bicyclic) bond motifs is 1. The largest absolute Gasteiger partial charge is 0.493 e. The zero-order valence-corrected chi connectivity index (χ0v) is 12.4. The molecule has 0 saturated carbocycles. The molecule has 0 aromatic heterocycles. The maximum Gasteiger partial charge on any atom is 0.319 e. The van der Waals surface area contributed by atoms with E-state index in [1.54, 1.807) is 19.1 Å². The molecule has 0 aliphatic carbocycles. The summed E-state index contributed by atoms with van der Waals surface area (Å²) in [4.78, 5) is 24.0. The predicted molar refractivity (Wildman–Crippen MR) is 75.0 cm³/mol. The number of carbonyl (C=O) groups excluding carboxylic acids is 2. The lowest BCUT2D eigenvalue weighted by Gasteiger charge is -2.17. The van der Waals surface area contributed by atoms with E-state index in [4.69, 9.17) is 18.9 Å². The number of ether oxygens (including phenoxy) is 4. The smallest absolute Gasteiger partial charge is 0.319 e. The van der Waals surface area contributed by atoms with Gasteiger partial charge in [-0.2, -0.15) is 0 Å². The summed E-state index contributed by atoms with van der Waals surface area (Å²) in [6, 6.07) is 3.55. The molecule has 2 heterocycles. The van der Waals surface area contributed by atoms with Crippen LogP contribution in [-0.2, 0) is 14.3 Å². The summed E-state index contributed by atoms with van der Waals surface area (Å²) >= 11 is 0. The van der Waals surface area contributed by atoms with Crippen LogP contribution in [0, 0.1) is 5.92 Å². The van der Waals surface area contributed by atoms with Crippen LogP contribution in [0.15, 0.2) is 12.1 Å². The van der Waals surface area contributed by atoms with E-state index in [2.05, 4.69) is 5.32 Å². The molecule has 0 bridgehead atoms. The second kappa shape index (κ2) is 5.75. The Morgan fingerprint density at radius 3 is 2.95 bits per heavy atom. The van der Waals surface area contributed by atoms with Crippen molar-refractivity contribution < 1.29 is 28.5 Å². The Labute approximate surface area is 127 Å². The van der Waals surface area contributed by atoms with E-state index in [1.165, 1.54) is 7.11 Å². The minimum Gasteiger partial charge on any atom is -0.493 e. The maximum atomic E-state index is 12.1. The Balaban J connectivity index is 1.96. The highest BCUT2D eigenvalue weighted by atomic mass is 16.7. The van der Waals surface area contributed by atoms with Gasteiger partial charge in [0.1, 0.15) is 5.92 Å². The molecule has 7 heteroatoms. The Bertz CT molecular complexity index is 614. The molecule has 1 fully saturated rings. The van der Waals surface area contributed by atoms with Crippen LogP contribution >= 0.6 is 0 Å². The minimum atomic E-state index is -0.856. The van der Waals surface area contributed by atoms with Crippen molar-refractivity contribution in [2.24, 2.45) is 5.92 Å². The molecule has 2 aliphatic rings. The third-order valence-electron chi connectivity index (χ3n) is 3.83. The summed E-state index contributed by atoms with van der Waals surface area (Å²) in [5.41, 5.74) is 0.775. The molecule has 22 heavy (non-hydrogen) atoms. The first-order valence-electron chi connectivity index (χ1n) is 7.07. The first-order chi connectivity index (χ1) is 10.7. The number of rotatable bonds is 4. The number of benzene rings is 1. The standard InChI is InChI=1S/C15H17NO6/c1-3-20-15(18)12-9(6-16-14(12)17)8-4-10(19-2)13-11(5-8)21-7-22-13/h4-5,9,12H,3,6-7H2,1-2H3,(H,16,17)/t9-,12-/m1/s1. The Kier molecular flexibility index (Phi) is 3.79. The molecule has 3 rings (SSSR count). The number of nitrogens with one attached hydrogen (secondary N) is 1. The highest BCUT2D eigenvalue weighted by Crippen LogP contribution is 2.44. The minimum absolute atomic E-state index is 0.123. The van der Waals surface area contributed by atoms with Gasteiger partial charge in [-0.1, -0.05) is 0 Å².